The van der Waals surface area contributed by atoms with Crippen molar-refractivity contribution in [3.63, 3.8) is 0 Å². The Hall–Kier alpha value is -1.57. The van der Waals surface area contributed by atoms with Crippen LogP contribution in [0.3, 0.4) is 0 Å². The van der Waals surface area contributed by atoms with Crippen LogP contribution in [0.5, 0.6) is 5.75 Å². The van der Waals surface area contributed by atoms with Crippen molar-refractivity contribution in [2.24, 2.45) is 0 Å². The van der Waals surface area contributed by atoms with Gasteiger partial charge in [0.1, 0.15) is 10.6 Å². The van der Waals surface area contributed by atoms with Crippen molar-refractivity contribution in [2.75, 3.05) is 12.8 Å². The molecule has 0 saturated carbocycles. The Kier molecular flexibility index (Phi) is 4.87. The molecule has 2 rings (SSSR count). The Labute approximate surface area is 128 Å². The van der Waals surface area contributed by atoms with E-state index in [2.05, 4.69) is 4.72 Å². The van der Waals surface area contributed by atoms with Crippen LogP contribution in [-0.4, -0.2) is 15.5 Å². The summed E-state index contributed by atoms with van der Waals surface area (Å²) >= 11 is 1.54. The maximum absolute atomic E-state index is 12.4. The van der Waals surface area contributed by atoms with Gasteiger partial charge < -0.3 is 10.5 Å². The van der Waals surface area contributed by atoms with E-state index in [4.69, 9.17) is 10.5 Å². The van der Waals surface area contributed by atoms with Gasteiger partial charge in [-0.25, -0.2) is 13.1 Å². The number of rotatable bonds is 6. The van der Waals surface area contributed by atoms with Gasteiger partial charge in [0.25, 0.3) is 0 Å². The Morgan fingerprint density at radius 2 is 2.10 bits per heavy atom. The lowest BCUT2D eigenvalue weighted by atomic mass is 10.2. The Morgan fingerprint density at radius 3 is 2.76 bits per heavy atom. The first kappa shape index (κ1) is 15.8. The van der Waals surface area contributed by atoms with Crippen LogP contribution in [0.1, 0.15) is 17.4 Å². The molecule has 0 saturated heterocycles. The minimum Gasteiger partial charge on any atom is -0.495 e. The van der Waals surface area contributed by atoms with Gasteiger partial charge in [-0.1, -0.05) is 6.92 Å². The zero-order chi connectivity index (χ0) is 15.5. The molecule has 0 aliphatic heterocycles. The first-order chi connectivity index (χ1) is 9.97. The highest BCUT2D eigenvalue weighted by atomic mass is 32.2. The summed E-state index contributed by atoms with van der Waals surface area (Å²) in [7, 11) is -2.23. The summed E-state index contributed by atoms with van der Waals surface area (Å²) in [6.45, 7) is 2.32. The SMILES string of the molecule is CCc1ccsc1CNS(=O)(=O)c1ccc(N)cc1OC. The summed E-state index contributed by atoms with van der Waals surface area (Å²) in [6.07, 6.45) is 0.881. The van der Waals surface area contributed by atoms with E-state index in [0.29, 0.717) is 5.69 Å². The molecule has 0 spiro atoms. The zero-order valence-electron chi connectivity index (χ0n) is 11.9. The topological polar surface area (TPSA) is 81.4 Å². The highest BCUT2D eigenvalue weighted by Crippen LogP contribution is 2.26. The molecule has 0 aliphatic carbocycles. The summed E-state index contributed by atoms with van der Waals surface area (Å²) in [5, 5.41) is 1.96. The van der Waals surface area contributed by atoms with Crippen molar-refractivity contribution in [1.29, 1.82) is 0 Å². The van der Waals surface area contributed by atoms with Crippen molar-refractivity contribution in [3.05, 3.63) is 40.1 Å². The molecule has 3 N–H and O–H groups in total. The molecule has 114 valence electrons. The lowest BCUT2D eigenvalue weighted by Gasteiger charge is -2.11. The molecule has 0 amide bonds. The number of sulfonamides is 1. The second kappa shape index (κ2) is 6.46. The van der Waals surface area contributed by atoms with Gasteiger partial charge in [0.15, 0.2) is 0 Å². The lowest BCUT2D eigenvalue weighted by molar-refractivity contribution is 0.402. The fourth-order valence-electron chi connectivity index (χ4n) is 1.98. The molecule has 0 atom stereocenters. The van der Waals surface area contributed by atoms with Crippen LogP contribution in [0.15, 0.2) is 34.5 Å². The van der Waals surface area contributed by atoms with E-state index in [-0.39, 0.29) is 17.2 Å². The van der Waals surface area contributed by atoms with E-state index >= 15 is 0 Å². The molecule has 2 aromatic rings. The second-order valence-corrected chi connectivity index (χ2v) is 7.19. The van der Waals surface area contributed by atoms with Crippen LogP contribution in [-0.2, 0) is 23.0 Å². The number of nitrogens with two attached hydrogens (primary N) is 1. The molecule has 0 radical (unpaired) electrons. The van der Waals surface area contributed by atoms with E-state index in [0.717, 1.165) is 16.9 Å². The number of thiophene rings is 1. The number of hydrogen-bond acceptors (Lipinski definition) is 5. The smallest absolute Gasteiger partial charge is 0.244 e. The number of nitrogens with one attached hydrogen (secondary N) is 1. The maximum Gasteiger partial charge on any atom is 0.244 e. The van der Waals surface area contributed by atoms with Gasteiger partial charge in [-0.05, 0) is 35.6 Å². The van der Waals surface area contributed by atoms with Crippen LogP contribution < -0.4 is 15.2 Å². The van der Waals surface area contributed by atoms with Crippen molar-refractivity contribution in [3.8, 4) is 5.75 Å². The molecule has 0 bridgehead atoms. The summed E-state index contributed by atoms with van der Waals surface area (Å²) in [4.78, 5) is 1.12. The number of nitrogen functional groups attached to an aromatic ring is 1. The lowest BCUT2D eigenvalue weighted by Crippen LogP contribution is -2.23. The molecular weight excluding hydrogens is 308 g/mol. The molecular formula is C14H18N2O3S2. The van der Waals surface area contributed by atoms with Crippen LogP contribution in [0.4, 0.5) is 5.69 Å². The summed E-state index contributed by atoms with van der Waals surface area (Å²) in [6, 6.07) is 6.50. The molecule has 21 heavy (non-hydrogen) atoms. The van der Waals surface area contributed by atoms with E-state index in [1.807, 2.05) is 18.4 Å². The van der Waals surface area contributed by atoms with Crippen molar-refractivity contribution in [2.45, 2.75) is 24.8 Å². The van der Waals surface area contributed by atoms with Gasteiger partial charge >= 0.3 is 0 Å². The molecule has 1 aromatic heterocycles. The Balaban J connectivity index is 2.23. The van der Waals surface area contributed by atoms with Crippen molar-refractivity contribution >= 4 is 27.0 Å². The fraction of sp³-hybridized carbons (Fsp3) is 0.286. The van der Waals surface area contributed by atoms with Gasteiger partial charge in [-0.2, -0.15) is 0 Å². The summed E-state index contributed by atoms with van der Waals surface area (Å²) in [5.41, 5.74) is 7.26. The average molecular weight is 326 g/mol. The first-order valence-corrected chi connectivity index (χ1v) is 8.82. The third kappa shape index (κ3) is 3.55. The molecule has 0 fully saturated rings. The number of methoxy groups -OCH3 is 1. The number of anilines is 1. The minimum absolute atomic E-state index is 0.0915. The van der Waals surface area contributed by atoms with E-state index in [9.17, 15) is 8.42 Å². The predicted molar refractivity (Wildman–Crippen MR) is 85.1 cm³/mol. The van der Waals surface area contributed by atoms with Crippen molar-refractivity contribution < 1.29 is 13.2 Å². The van der Waals surface area contributed by atoms with Crippen LogP contribution in [0, 0.1) is 0 Å². The Bertz CT molecular complexity index is 724. The monoisotopic (exact) mass is 326 g/mol. The standard InChI is InChI=1S/C14H18N2O3S2/c1-3-10-6-7-20-13(10)9-16-21(17,18)14-5-4-11(15)8-12(14)19-2/h4-8,16H,3,9,15H2,1-2H3. The predicted octanol–water partition coefficient (Wildman–Crippen LogP) is 2.38. The molecule has 1 heterocycles. The quantitative estimate of drug-likeness (QED) is 0.799. The molecule has 0 unspecified atom stereocenters. The van der Waals surface area contributed by atoms with Gasteiger partial charge in [0.05, 0.1) is 7.11 Å². The number of hydrogen-bond donors (Lipinski definition) is 2. The van der Waals surface area contributed by atoms with Crippen LogP contribution in [0.25, 0.3) is 0 Å². The highest BCUT2D eigenvalue weighted by Gasteiger charge is 2.20. The molecule has 0 aliphatic rings. The number of aryl methyl sites for hydroxylation is 1. The van der Waals surface area contributed by atoms with Gasteiger partial charge in [-0.3, -0.25) is 0 Å². The molecule has 1 aromatic carbocycles. The summed E-state index contributed by atoms with van der Waals surface area (Å²) in [5.74, 6) is 0.240. The number of benzene rings is 1. The third-order valence-electron chi connectivity index (χ3n) is 3.12. The van der Waals surface area contributed by atoms with Gasteiger partial charge in [0.2, 0.25) is 10.0 Å². The number of ether oxygens (including phenoxy) is 1. The minimum atomic E-state index is -3.64. The second-order valence-electron chi connectivity index (χ2n) is 4.46. The fourth-order valence-corrected chi connectivity index (χ4v) is 4.13. The average Bonchev–Trinajstić information content (AvgIpc) is 2.92. The normalized spacial score (nSPS) is 11.5. The van der Waals surface area contributed by atoms with E-state index in [1.165, 1.54) is 19.2 Å². The van der Waals surface area contributed by atoms with Crippen LogP contribution in [0.2, 0.25) is 0 Å². The molecule has 5 nitrogen and oxygen atoms in total. The summed E-state index contributed by atoms with van der Waals surface area (Å²) < 4.78 is 32.5. The van der Waals surface area contributed by atoms with Crippen molar-refractivity contribution in [1.82, 2.24) is 4.72 Å². The third-order valence-corrected chi connectivity index (χ3v) is 5.52. The van der Waals surface area contributed by atoms with Gasteiger partial charge in [0, 0.05) is 23.2 Å². The highest BCUT2D eigenvalue weighted by molar-refractivity contribution is 7.89. The Morgan fingerprint density at radius 1 is 1.33 bits per heavy atom. The maximum atomic E-state index is 12.4. The van der Waals surface area contributed by atoms with Crippen LogP contribution >= 0.6 is 11.3 Å². The van der Waals surface area contributed by atoms with E-state index < -0.39 is 10.0 Å². The largest absolute Gasteiger partial charge is 0.495 e. The first-order valence-electron chi connectivity index (χ1n) is 6.46. The van der Waals surface area contributed by atoms with E-state index in [1.54, 1.807) is 17.4 Å². The van der Waals surface area contributed by atoms with Gasteiger partial charge in [-0.15, -0.1) is 11.3 Å². The zero-order valence-corrected chi connectivity index (χ0v) is 13.6. The molecule has 7 heteroatoms.